The Labute approximate surface area is 199 Å². The molecule has 2 N–H and O–H groups in total. The van der Waals surface area contributed by atoms with Gasteiger partial charge in [0, 0.05) is 38.6 Å². The largest absolute Gasteiger partial charge is 0.467 e. The summed E-state index contributed by atoms with van der Waals surface area (Å²) in [6.07, 6.45) is 3.61. The Morgan fingerprint density at radius 1 is 1.24 bits per heavy atom. The average Bonchev–Trinajstić information content (AvgIpc) is 3.56. The highest BCUT2D eigenvalue weighted by Crippen LogP contribution is 2.29. The number of aryl methyl sites for hydroxylation is 1. The second kappa shape index (κ2) is 9.60. The van der Waals surface area contributed by atoms with Crippen LogP contribution in [0.3, 0.4) is 0 Å². The molecule has 0 radical (unpaired) electrons. The number of hydrogen-bond acceptors (Lipinski definition) is 6. The molecule has 4 heterocycles. The van der Waals surface area contributed by atoms with Gasteiger partial charge in [0.1, 0.15) is 17.6 Å². The van der Waals surface area contributed by atoms with Gasteiger partial charge in [0.15, 0.2) is 0 Å². The van der Waals surface area contributed by atoms with Crippen molar-refractivity contribution >= 4 is 22.8 Å². The van der Waals surface area contributed by atoms with E-state index in [1.165, 1.54) is 0 Å². The number of nitrogens with one attached hydrogen (secondary N) is 2. The molecule has 1 aromatic carbocycles. The lowest BCUT2D eigenvalue weighted by molar-refractivity contribution is -0.126. The molecule has 2 aliphatic heterocycles. The van der Waals surface area contributed by atoms with Crippen LogP contribution in [0, 0.1) is 0 Å². The van der Waals surface area contributed by atoms with Gasteiger partial charge in [-0.1, -0.05) is 12.1 Å². The fraction of sp³-hybridized carbons (Fsp3) is 0.480. The first-order chi connectivity index (χ1) is 16.5. The molecule has 0 aliphatic carbocycles. The summed E-state index contributed by atoms with van der Waals surface area (Å²) in [4.78, 5) is 34.8. The van der Waals surface area contributed by atoms with E-state index < -0.39 is 0 Å². The van der Waals surface area contributed by atoms with Crippen LogP contribution in [-0.4, -0.2) is 69.4 Å². The molecule has 180 valence electrons. The Kier molecular flexibility index (Phi) is 6.38. The van der Waals surface area contributed by atoms with Gasteiger partial charge in [0.05, 0.1) is 30.4 Å². The number of furan rings is 1. The quantitative estimate of drug-likeness (QED) is 0.552. The van der Waals surface area contributed by atoms with E-state index in [4.69, 9.17) is 9.40 Å². The third-order valence-corrected chi connectivity index (χ3v) is 7.32. The number of aromatic nitrogens is 2. The Hall–Kier alpha value is -3.17. The zero-order chi connectivity index (χ0) is 23.7. The molecule has 34 heavy (non-hydrogen) atoms. The van der Waals surface area contributed by atoms with E-state index in [1.807, 2.05) is 37.4 Å². The molecule has 2 amide bonds. The minimum absolute atomic E-state index is 0.00757. The van der Waals surface area contributed by atoms with E-state index in [0.29, 0.717) is 32.5 Å². The van der Waals surface area contributed by atoms with Crippen LogP contribution in [-0.2, 0) is 29.7 Å². The highest BCUT2D eigenvalue weighted by molar-refractivity contribution is 5.83. The van der Waals surface area contributed by atoms with Gasteiger partial charge in [-0.3, -0.25) is 19.4 Å². The van der Waals surface area contributed by atoms with Crippen molar-refractivity contribution in [2.45, 2.75) is 50.5 Å². The molecule has 5 rings (SSSR count). The first-order valence-electron chi connectivity index (χ1n) is 11.9. The molecule has 9 nitrogen and oxygen atoms in total. The van der Waals surface area contributed by atoms with E-state index in [9.17, 15) is 9.59 Å². The number of carbonyl (C=O) groups excluding carboxylic acids is 2. The van der Waals surface area contributed by atoms with Crippen molar-refractivity contribution < 1.29 is 14.0 Å². The van der Waals surface area contributed by atoms with Crippen molar-refractivity contribution in [1.29, 1.82) is 0 Å². The van der Waals surface area contributed by atoms with Crippen molar-refractivity contribution in [3.8, 4) is 0 Å². The van der Waals surface area contributed by atoms with Crippen molar-refractivity contribution in [3.63, 3.8) is 0 Å². The SMILES string of the molecule is CN1[C@@H](CCC(=O)NCc2ccco2)CNC(=O)[C@@H]2[C@H]1CCN2Cc1nc2ccccc2n1C. The van der Waals surface area contributed by atoms with E-state index in [0.717, 1.165) is 35.6 Å². The number of imidazole rings is 1. The lowest BCUT2D eigenvalue weighted by Crippen LogP contribution is -2.49. The normalized spacial score (nSPS) is 23.6. The zero-order valence-electron chi connectivity index (χ0n) is 19.7. The summed E-state index contributed by atoms with van der Waals surface area (Å²) < 4.78 is 7.38. The summed E-state index contributed by atoms with van der Waals surface area (Å²) >= 11 is 0. The van der Waals surface area contributed by atoms with E-state index in [1.54, 1.807) is 6.26 Å². The van der Waals surface area contributed by atoms with Gasteiger partial charge in [-0.2, -0.15) is 0 Å². The maximum absolute atomic E-state index is 13.1. The van der Waals surface area contributed by atoms with Gasteiger partial charge < -0.3 is 19.6 Å². The second-order valence-electron chi connectivity index (χ2n) is 9.31. The van der Waals surface area contributed by atoms with Crippen LogP contribution in [0.15, 0.2) is 47.1 Å². The number of fused-ring (bicyclic) bond motifs is 2. The standard InChI is InChI=1S/C25H32N6O3/c1-29-17(9-10-23(32)26-15-18-6-5-13-34-18)14-27-25(33)24-21(29)11-12-31(24)16-22-28-19-7-3-4-8-20(19)30(22)2/h3-8,13,17,21,24H,9-12,14-16H2,1-2H3,(H,26,32)(H,27,33)/t17-,21+,24-/m0/s1. The molecular weight excluding hydrogens is 432 g/mol. The van der Waals surface area contributed by atoms with Gasteiger partial charge in [-0.05, 0) is 44.2 Å². The van der Waals surface area contributed by atoms with Crippen LogP contribution in [0.2, 0.25) is 0 Å². The molecule has 0 bridgehead atoms. The number of hydrogen-bond donors (Lipinski definition) is 2. The molecule has 0 spiro atoms. The number of likely N-dealkylation sites (N-methyl/N-ethyl adjacent to an activating group) is 1. The summed E-state index contributed by atoms with van der Waals surface area (Å²) in [6, 6.07) is 11.8. The van der Waals surface area contributed by atoms with E-state index in [2.05, 4.69) is 38.1 Å². The topological polar surface area (TPSA) is 95.6 Å². The van der Waals surface area contributed by atoms with Gasteiger partial charge >= 0.3 is 0 Å². The molecule has 9 heteroatoms. The van der Waals surface area contributed by atoms with Gasteiger partial charge in [0.25, 0.3) is 0 Å². The molecule has 2 saturated heterocycles. The number of likely N-dealkylation sites (tertiary alicyclic amines) is 1. The lowest BCUT2D eigenvalue weighted by atomic mass is 10.0. The van der Waals surface area contributed by atoms with Crippen LogP contribution in [0.4, 0.5) is 0 Å². The molecule has 0 saturated carbocycles. The third kappa shape index (κ3) is 4.45. The number of benzene rings is 1. The highest BCUT2D eigenvalue weighted by atomic mass is 16.3. The fourth-order valence-corrected chi connectivity index (χ4v) is 5.33. The minimum Gasteiger partial charge on any atom is -0.467 e. The van der Waals surface area contributed by atoms with E-state index in [-0.39, 0.29) is 29.9 Å². The van der Waals surface area contributed by atoms with Gasteiger partial charge in [-0.25, -0.2) is 4.98 Å². The summed E-state index contributed by atoms with van der Waals surface area (Å²) in [5.74, 6) is 1.76. The van der Waals surface area contributed by atoms with E-state index >= 15 is 0 Å². The average molecular weight is 465 g/mol. The molecule has 0 unspecified atom stereocenters. The molecule has 3 atom stereocenters. The smallest absolute Gasteiger partial charge is 0.239 e. The minimum atomic E-state index is -0.220. The fourth-order valence-electron chi connectivity index (χ4n) is 5.33. The monoisotopic (exact) mass is 464 g/mol. The Bertz CT molecular complexity index is 1160. The number of amides is 2. The van der Waals surface area contributed by atoms with Crippen LogP contribution in [0.5, 0.6) is 0 Å². The summed E-state index contributed by atoms with van der Waals surface area (Å²) in [5, 5.41) is 6.04. The van der Waals surface area contributed by atoms with Gasteiger partial charge in [-0.15, -0.1) is 0 Å². The summed E-state index contributed by atoms with van der Waals surface area (Å²) in [6.45, 7) is 2.42. The zero-order valence-corrected chi connectivity index (χ0v) is 19.7. The predicted octanol–water partition coefficient (Wildman–Crippen LogP) is 1.64. The Morgan fingerprint density at radius 3 is 2.88 bits per heavy atom. The van der Waals surface area contributed by atoms with Crippen molar-refractivity contribution in [1.82, 2.24) is 30.0 Å². The van der Waals surface area contributed by atoms with Crippen LogP contribution >= 0.6 is 0 Å². The molecule has 3 aromatic rings. The molecule has 2 aromatic heterocycles. The molecular formula is C25H32N6O3. The van der Waals surface area contributed by atoms with Crippen molar-refractivity contribution in [3.05, 3.63) is 54.2 Å². The second-order valence-corrected chi connectivity index (χ2v) is 9.31. The third-order valence-electron chi connectivity index (χ3n) is 7.32. The van der Waals surface area contributed by atoms with Crippen molar-refractivity contribution in [2.24, 2.45) is 7.05 Å². The number of carbonyl (C=O) groups is 2. The van der Waals surface area contributed by atoms with Crippen LogP contribution in [0.1, 0.15) is 30.8 Å². The Balaban J connectivity index is 1.22. The van der Waals surface area contributed by atoms with Crippen LogP contribution < -0.4 is 10.6 Å². The summed E-state index contributed by atoms with van der Waals surface area (Å²) in [7, 11) is 4.12. The molecule has 2 fully saturated rings. The first kappa shape index (κ1) is 22.6. The van der Waals surface area contributed by atoms with Gasteiger partial charge in [0.2, 0.25) is 11.8 Å². The van der Waals surface area contributed by atoms with Crippen LogP contribution in [0.25, 0.3) is 11.0 Å². The number of nitrogens with zero attached hydrogens (tertiary/aromatic N) is 4. The maximum Gasteiger partial charge on any atom is 0.239 e. The Morgan fingerprint density at radius 2 is 2.09 bits per heavy atom. The lowest BCUT2D eigenvalue weighted by Gasteiger charge is -2.33. The first-order valence-corrected chi connectivity index (χ1v) is 11.9. The number of para-hydroxylation sites is 2. The highest BCUT2D eigenvalue weighted by Gasteiger charge is 2.45. The number of rotatable bonds is 7. The molecule has 2 aliphatic rings. The maximum atomic E-state index is 13.1. The predicted molar refractivity (Wildman–Crippen MR) is 128 cm³/mol. The summed E-state index contributed by atoms with van der Waals surface area (Å²) in [5.41, 5.74) is 2.07. The van der Waals surface area contributed by atoms with Crippen molar-refractivity contribution in [2.75, 3.05) is 20.1 Å².